The smallest absolute Gasteiger partial charge is 0.244 e. The van der Waals surface area contributed by atoms with Gasteiger partial charge in [0.15, 0.2) is 0 Å². The summed E-state index contributed by atoms with van der Waals surface area (Å²) in [5.41, 5.74) is -0.451. The van der Waals surface area contributed by atoms with Crippen molar-refractivity contribution < 1.29 is 17.5 Å². The van der Waals surface area contributed by atoms with Gasteiger partial charge in [0.2, 0.25) is 10.0 Å². The average molecular weight is 284 g/mol. The molecule has 1 aromatic carbocycles. The number of likely N-dealkylation sites (N-methyl/N-ethyl adjacent to an activating group) is 1. The van der Waals surface area contributed by atoms with E-state index in [1.807, 2.05) is 0 Å². The highest BCUT2D eigenvalue weighted by atomic mass is 32.2. The second-order valence-electron chi connectivity index (χ2n) is 4.26. The Hall–Kier alpha value is -1.49. The maximum atomic E-state index is 13.5. The van der Waals surface area contributed by atoms with Gasteiger partial charge in [-0.05, 0) is 18.6 Å². The minimum absolute atomic E-state index is 0.278. The summed E-state index contributed by atoms with van der Waals surface area (Å²) in [4.78, 5) is -0.301. The highest BCUT2D eigenvalue weighted by molar-refractivity contribution is 7.89. The van der Waals surface area contributed by atoms with E-state index in [0.29, 0.717) is 19.6 Å². The fraction of sp³-hybridized carbons (Fsp3) is 0.417. The minimum atomic E-state index is -3.90. The molecule has 7 heteroatoms. The molecule has 102 valence electrons. The maximum Gasteiger partial charge on any atom is 0.244 e. The molecule has 1 atom stereocenters. The molecule has 0 bridgehead atoms. The monoisotopic (exact) mass is 284 g/mol. The minimum Gasteiger partial charge on any atom is -0.380 e. The first-order valence-electron chi connectivity index (χ1n) is 5.73. The van der Waals surface area contributed by atoms with E-state index in [2.05, 4.69) is 0 Å². The lowest BCUT2D eigenvalue weighted by atomic mass is 10.2. The number of rotatable bonds is 3. The lowest BCUT2D eigenvalue weighted by Gasteiger charge is -2.23. The number of sulfonamides is 1. The molecule has 1 aliphatic heterocycles. The van der Waals surface area contributed by atoms with Crippen LogP contribution in [-0.4, -0.2) is 39.0 Å². The predicted octanol–water partition coefficient (Wildman–Crippen LogP) is 1.11. The number of nitriles is 1. The van der Waals surface area contributed by atoms with Crippen LogP contribution >= 0.6 is 0 Å². The van der Waals surface area contributed by atoms with Crippen molar-refractivity contribution in [1.29, 1.82) is 5.26 Å². The van der Waals surface area contributed by atoms with E-state index < -0.39 is 21.4 Å². The molecule has 0 N–H and O–H groups in total. The largest absolute Gasteiger partial charge is 0.380 e. The van der Waals surface area contributed by atoms with Gasteiger partial charge in [0, 0.05) is 13.7 Å². The molecule has 0 aliphatic carbocycles. The molecule has 0 radical (unpaired) electrons. The molecular weight excluding hydrogens is 271 g/mol. The summed E-state index contributed by atoms with van der Waals surface area (Å²) in [5, 5.41) is 8.91. The zero-order valence-electron chi connectivity index (χ0n) is 10.3. The quantitative estimate of drug-likeness (QED) is 0.833. The molecule has 1 fully saturated rings. The first-order chi connectivity index (χ1) is 8.98. The van der Waals surface area contributed by atoms with Crippen LogP contribution in [0.25, 0.3) is 0 Å². The molecule has 1 heterocycles. The molecular formula is C12H13FN2O3S. The van der Waals surface area contributed by atoms with Crippen molar-refractivity contribution in [1.82, 2.24) is 4.31 Å². The van der Waals surface area contributed by atoms with Crippen LogP contribution < -0.4 is 0 Å². The van der Waals surface area contributed by atoms with Gasteiger partial charge in [0.05, 0.1) is 12.6 Å². The van der Waals surface area contributed by atoms with Gasteiger partial charge >= 0.3 is 0 Å². The molecule has 0 amide bonds. The number of halogens is 1. The second-order valence-corrected chi connectivity index (χ2v) is 6.23. The van der Waals surface area contributed by atoms with E-state index >= 15 is 0 Å². The second kappa shape index (κ2) is 5.25. The number of nitrogens with zero attached hydrogens (tertiary/aromatic N) is 2. The van der Waals surface area contributed by atoms with Crippen molar-refractivity contribution in [2.45, 2.75) is 17.4 Å². The number of benzene rings is 1. The fourth-order valence-electron chi connectivity index (χ4n) is 1.99. The van der Waals surface area contributed by atoms with Gasteiger partial charge in [0.25, 0.3) is 0 Å². The Kier molecular flexibility index (Phi) is 3.85. The molecule has 1 aromatic rings. The van der Waals surface area contributed by atoms with Crippen LogP contribution in [0.2, 0.25) is 0 Å². The van der Waals surface area contributed by atoms with Crippen LogP contribution in [0.15, 0.2) is 23.1 Å². The molecule has 1 aliphatic rings. The number of hydrogen-bond acceptors (Lipinski definition) is 4. The van der Waals surface area contributed by atoms with E-state index in [1.165, 1.54) is 19.2 Å². The fourth-order valence-corrected chi connectivity index (χ4v) is 3.51. The van der Waals surface area contributed by atoms with Crippen LogP contribution in [0.1, 0.15) is 12.0 Å². The van der Waals surface area contributed by atoms with Crippen molar-refractivity contribution in [3.8, 4) is 6.07 Å². The van der Waals surface area contributed by atoms with Crippen LogP contribution in [0.5, 0.6) is 0 Å². The highest BCUT2D eigenvalue weighted by Crippen LogP contribution is 2.24. The van der Waals surface area contributed by atoms with Crippen LogP contribution in [0.4, 0.5) is 4.39 Å². The first-order valence-corrected chi connectivity index (χ1v) is 7.17. The Balaban J connectivity index is 2.45. The Bertz CT molecular complexity index is 618. The molecule has 0 aromatic heterocycles. The van der Waals surface area contributed by atoms with Crippen molar-refractivity contribution in [3.63, 3.8) is 0 Å². The van der Waals surface area contributed by atoms with E-state index in [-0.39, 0.29) is 10.9 Å². The topological polar surface area (TPSA) is 70.4 Å². The summed E-state index contributed by atoms with van der Waals surface area (Å²) in [7, 11) is -2.48. The summed E-state index contributed by atoms with van der Waals surface area (Å²) in [6.07, 6.45) is 0.590. The van der Waals surface area contributed by atoms with E-state index in [9.17, 15) is 12.8 Å². The van der Waals surface area contributed by atoms with Crippen LogP contribution in [-0.2, 0) is 14.8 Å². The van der Waals surface area contributed by atoms with Gasteiger partial charge < -0.3 is 4.74 Å². The first kappa shape index (κ1) is 13.9. The predicted molar refractivity (Wildman–Crippen MR) is 65.3 cm³/mol. The SMILES string of the molecule is CN(C1CCOC1)S(=O)(=O)c1cccc(F)c1C#N. The highest BCUT2D eigenvalue weighted by Gasteiger charge is 2.32. The Morgan fingerprint density at radius 3 is 2.84 bits per heavy atom. The third-order valence-corrected chi connectivity index (χ3v) is 5.12. The van der Waals surface area contributed by atoms with Crippen molar-refractivity contribution in [2.75, 3.05) is 20.3 Å². The standard InChI is InChI=1S/C12H13FN2O3S/c1-15(9-5-6-18-8-9)19(16,17)12-4-2-3-11(13)10(12)7-14/h2-4,9H,5-6,8H2,1H3. The van der Waals surface area contributed by atoms with Gasteiger partial charge in [-0.3, -0.25) is 0 Å². The summed E-state index contributed by atoms with van der Waals surface area (Å²) in [5.74, 6) is -0.834. The molecule has 0 saturated carbocycles. The van der Waals surface area contributed by atoms with Crippen molar-refractivity contribution >= 4 is 10.0 Å². The summed E-state index contributed by atoms with van der Waals surface area (Å²) < 4.78 is 44.6. The maximum absolute atomic E-state index is 13.5. The van der Waals surface area contributed by atoms with E-state index in [1.54, 1.807) is 6.07 Å². The Morgan fingerprint density at radius 1 is 1.53 bits per heavy atom. The van der Waals surface area contributed by atoms with Gasteiger partial charge in [-0.1, -0.05) is 6.07 Å². The normalized spacial score (nSPS) is 19.6. The third-order valence-electron chi connectivity index (χ3n) is 3.16. The molecule has 2 rings (SSSR count). The number of ether oxygens (including phenoxy) is 1. The van der Waals surface area contributed by atoms with Crippen molar-refractivity contribution in [3.05, 3.63) is 29.6 Å². The van der Waals surface area contributed by atoms with Gasteiger partial charge in [-0.2, -0.15) is 9.57 Å². The Labute approximate surface area is 111 Å². The van der Waals surface area contributed by atoms with Gasteiger partial charge in [-0.25, -0.2) is 12.8 Å². The van der Waals surface area contributed by atoms with Crippen molar-refractivity contribution in [2.24, 2.45) is 0 Å². The summed E-state index contributed by atoms with van der Waals surface area (Å²) in [6, 6.07) is 4.91. The van der Waals surface area contributed by atoms with Crippen LogP contribution in [0.3, 0.4) is 0 Å². The molecule has 19 heavy (non-hydrogen) atoms. The van der Waals surface area contributed by atoms with E-state index in [4.69, 9.17) is 10.00 Å². The zero-order chi connectivity index (χ0) is 14.0. The zero-order valence-corrected chi connectivity index (χ0v) is 11.2. The van der Waals surface area contributed by atoms with E-state index in [0.717, 1.165) is 10.4 Å². The third kappa shape index (κ3) is 2.47. The lowest BCUT2D eigenvalue weighted by molar-refractivity contribution is 0.181. The van der Waals surface area contributed by atoms with Crippen LogP contribution in [0, 0.1) is 17.1 Å². The summed E-state index contributed by atoms with van der Waals surface area (Å²) >= 11 is 0. The number of hydrogen-bond donors (Lipinski definition) is 0. The molecule has 0 spiro atoms. The summed E-state index contributed by atoms with van der Waals surface area (Å²) in [6.45, 7) is 0.811. The lowest BCUT2D eigenvalue weighted by Crippen LogP contribution is -2.37. The van der Waals surface area contributed by atoms with Gasteiger partial charge in [0.1, 0.15) is 22.3 Å². The molecule has 5 nitrogen and oxygen atoms in total. The van der Waals surface area contributed by atoms with Gasteiger partial charge in [-0.15, -0.1) is 0 Å². The molecule has 1 unspecified atom stereocenters. The molecule has 1 saturated heterocycles. The average Bonchev–Trinajstić information content (AvgIpc) is 2.91. The Morgan fingerprint density at radius 2 is 2.26 bits per heavy atom.